The second kappa shape index (κ2) is 4.99. The minimum atomic E-state index is 0.551. The number of hydrogen-bond acceptors (Lipinski definition) is 4. The third-order valence-corrected chi connectivity index (χ3v) is 3.36. The molecule has 0 unspecified atom stereocenters. The Hall–Kier alpha value is -1.91. The van der Waals surface area contributed by atoms with Gasteiger partial charge in [-0.15, -0.1) is 0 Å². The molecule has 0 aliphatic heterocycles. The van der Waals surface area contributed by atoms with Gasteiger partial charge in [0.1, 0.15) is 11.6 Å². The molecule has 1 saturated carbocycles. The zero-order chi connectivity index (χ0) is 13.2. The topological polar surface area (TPSA) is 55.6 Å². The summed E-state index contributed by atoms with van der Waals surface area (Å²) in [6, 6.07) is 4.02. The summed E-state index contributed by atoms with van der Waals surface area (Å²) in [5.74, 6) is 2.40. The number of anilines is 1. The lowest BCUT2D eigenvalue weighted by molar-refractivity contribution is 0.607. The maximum absolute atomic E-state index is 4.72. The van der Waals surface area contributed by atoms with Crippen LogP contribution in [0, 0.1) is 0 Å². The third-order valence-electron chi connectivity index (χ3n) is 3.36. The van der Waals surface area contributed by atoms with E-state index in [1.54, 1.807) is 0 Å². The molecule has 1 N–H and O–H groups in total. The van der Waals surface area contributed by atoms with Gasteiger partial charge in [-0.3, -0.25) is 4.68 Å². The first-order valence-corrected chi connectivity index (χ1v) is 6.90. The molecule has 0 amide bonds. The van der Waals surface area contributed by atoms with Gasteiger partial charge in [0.25, 0.3) is 0 Å². The van der Waals surface area contributed by atoms with Crippen molar-refractivity contribution in [1.82, 2.24) is 19.7 Å². The smallest absolute Gasteiger partial charge is 0.134 e. The summed E-state index contributed by atoms with van der Waals surface area (Å²) in [4.78, 5) is 9.26. The molecule has 0 bridgehead atoms. The van der Waals surface area contributed by atoms with Crippen molar-refractivity contribution in [3.8, 4) is 11.4 Å². The van der Waals surface area contributed by atoms with E-state index in [0.717, 1.165) is 36.0 Å². The highest BCUT2D eigenvalue weighted by Crippen LogP contribution is 2.39. The fourth-order valence-corrected chi connectivity index (χ4v) is 2.19. The molecule has 1 aliphatic carbocycles. The van der Waals surface area contributed by atoms with Crippen LogP contribution in [-0.2, 0) is 6.54 Å². The minimum Gasteiger partial charge on any atom is -0.373 e. The standard InChI is InChI=1S/C14H19N5/c1-3-8-19-12(6-7-16-19)11-9-13(15-2)18-14(17-11)10-4-5-10/h6-7,9-10H,3-5,8H2,1-2H3,(H,15,17,18). The quantitative estimate of drug-likeness (QED) is 0.894. The molecule has 3 rings (SSSR count). The SMILES string of the molecule is CCCn1nccc1-c1cc(NC)nc(C2CC2)n1. The Morgan fingerprint density at radius 2 is 2.21 bits per heavy atom. The van der Waals surface area contributed by atoms with Gasteiger partial charge in [0, 0.05) is 31.8 Å². The Balaban J connectivity index is 2.02. The van der Waals surface area contributed by atoms with Crippen LogP contribution in [0.3, 0.4) is 0 Å². The molecule has 0 spiro atoms. The van der Waals surface area contributed by atoms with Crippen molar-refractivity contribution < 1.29 is 0 Å². The molecule has 1 fully saturated rings. The first-order valence-electron chi connectivity index (χ1n) is 6.90. The zero-order valence-corrected chi connectivity index (χ0v) is 11.4. The molecule has 2 aromatic rings. The highest BCUT2D eigenvalue weighted by molar-refractivity contribution is 5.59. The van der Waals surface area contributed by atoms with Crippen molar-refractivity contribution in [2.75, 3.05) is 12.4 Å². The van der Waals surface area contributed by atoms with Gasteiger partial charge in [-0.05, 0) is 25.3 Å². The summed E-state index contributed by atoms with van der Waals surface area (Å²) in [5, 5.41) is 7.49. The Bertz CT molecular complexity index is 571. The second-order valence-electron chi connectivity index (χ2n) is 4.96. The van der Waals surface area contributed by atoms with E-state index in [4.69, 9.17) is 4.98 Å². The zero-order valence-electron chi connectivity index (χ0n) is 11.4. The van der Waals surface area contributed by atoms with E-state index in [-0.39, 0.29) is 0 Å². The molecule has 19 heavy (non-hydrogen) atoms. The van der Waals surface area contributed by atoms with Crippen LogP contribution in [0.1, 0.15) is 37.9 Å². The fraction of sp³-hybridized carbons (Fsp3) is 0.500. The van der Waals surface area contributed by atoms with Crippen molar-refractivity contribution in [3.05, 3.63) is 24.2 Å². The number of rotatable bonds is 5. The van der Waals surface area contributed by atoms with Gasteiger partial charge in [-0.25, -0.2) is 9.97 Å². The maximum Gasteiger partial charge on any atom is 0.134 e. The number of aryl methyl sites for hydroxylation is 1. The monoisotopic (exact) mass is 257 g/mol. The van der Waals surface area contributed by atoms with Crippen LogP contribution in [0.15, 0.2) is 18.3 Å². The lowest BCUT2D eigenvalue weighted by Crippen LogP contribution is -2.05. The lowest BCUT2D eigenvalue weighted by atomic mass is 10.2. The van der Waals surface area contributed by atoms with Gasteiger partial charge < -0.3 is 5.32 Å². The van der Waals surface area contributed by atoms with Crippen molar-refractivity contribution in [3.63, 3.8) is 0 Å². The van der Waals surface area contributed by atoms with Crippen molar-refractivity contribution in [2.24, 2.45) is 0 Å². The van der Waals surface area contributed by atoms with Gasteiger partial charge in [-0.2, -0.15) is 5.10 Å². The molecule has 1 aliphatic rings. The Morgan fingerprint density at radius 3 is 2.89 bits per heavy atom. The number of aromatic nitrogens is 4. The summed E-state index contributed by atoms with van der Waals surface area (Å²) in [7, 11) is 1.89. The second-order valence-corrected chi connectivity index (χ2v) is 4.96. The summed E-state index contributed by atoms with van der Waals surface area (Å²) in [6.45, 7) is 3.07. The first kappa shape index (κ1) is 12.1. The van der Waals surface area contributed by atoms with Crippen LogP contribution < -0.4 is 5.32 Å². The fourth-order valence-electron chi connectivity index (χ4n) is 2.19. The van der Waals surface area contributed by atoms with Crippen LogP contribution in [0.2, 0.25) is 0 Å². The predicted octanol–water partition coefficient (Wildman–Crippen LogP) is 2.67. The van der Waals surface area contributed by atoms with Crippen LogP contribution in [0.5, 0.6) is 0 Å². The van der Waals surface area contributed by atoms with Gasteiger partial charge >= 0.3 is 0 Å². The lowest BCUT2D eigenvalue weighted by Gasteiger charge is -2.09. The average Bonchev–Trinajstić information content (AvgIpc) is 3.19. The number of nitrogens with zero attached hydrogens (tertiary/aromatic N) is 4. The van der Waals surface area contributed by atoms with Gasteiger partial charge in [0.05, 0.1) is 11.4 Å². The van der Waals surface area contributed by atoms with Gasteiger partial charge in [-0.1, -0.05) is 6.92 Å². The highest BCUT2D eigenvalue weighted by Gasteiger charge is 2.27. The molecule has 0 atom stereocenters. The maximum atomic E-state index is 4.72. The van der Waals surface area contributed by atoms with Crippen LogP contribution in [0.25, 0.3) is 11.4 Å². The Morgan fingerprint density at radius 1 is 1.37 bits per heavy atom. The van der Waals surface area contributed by atoms with Crippen LogP contribution >= 0.6 is 0 Å². The van der Waals surface area contributed by atoms with Crippen molar-refractivity contribution >= 4 is 5.82 Å². The van der Waals surface area contributed by atoms with E-state index in [2.05, 4.69) is 22.3 Å². The Kier molecular flexibility index (Phi) is 3.19. The van der Waals surface area contributed by atoms with E-state index in [9.17, 15) is 0 Å². The summed E-state index contributed by atoms with van der Waals surface area (Å²) in [5.41, 5.74) is 2.04. The third kappa shape index (κ3) is 2.45. The largest absolute Gasteiger partial charge is 0.373 e. The normalized spacial score (nSPS) is 14.6. The Labute approximate surface area is 113 Å². The van der Waals surface area contributed by atoms with Crippen molar-refractivity contribution in [2.45, 2.75) is 38.6 Å². The highest BCUT2D eigenvalue weighted by atomic mass is 15.3. The molecular weight excluding hydrogens is 238 g/mol. The van der Waals surface area contributed by atoms with E-state index in [1.807, 2.05) is 30.1 Å². The van der Waals surface area contributed by atoms with E-state index in [1.165, 1.54) is 12.8 Å². The molecule has 0 radical (unpaired) electrons. The molecule has 2 heterocycles. The van der Waals surface area contributed by atoms with Crippen LogP contribution in [-0.4, -0.2) is 26.8 Å². The molecular formula is C14H19N5. The van der Waals surface area contributed by atoms with E-state index >= 15 is 0 Å². The van der Waals surface area contributed by atoms with E-state index < -0.39 is 0 Å². The summed E-state index contributed by atoms with van der Waals surface area (Å²) in [6.07, 6.45) is 5.32. The van der Waals surface area contributed by atoms with Gasteiger partial charge in [0.15, 0.2) is 0 Å². The molecule has 0 saturated heterocycles. The molecule has 0 aromatic carbocycles. The average molecular weight is 257 g/mol. The molecule has 5 nitrogen and oxygen atoms in total. The molecule has 2 aromatic heterocycles. The molecule has 5 heteroatoms. The minimum absolute atomic E-state index is 0.551. The van der Waals surface area contributed by atoms with Crippen LogP contribution in [0.4, 0.5) is 5.82 Å². The van der Waals surface area contributed by atoms with E-state index in [0.29, 0.717) is 5.92 Å². The summed E-state index contributed by atoms with van der Waals surface area (Å²) < 4.78 is 2.01. The number of nitrogens with one attached hydrogen (secondary N) is 1. The van der Waals surface area contributed by atoms with Crippen molar-refractivity contribution in [1.29, 1.82) is 0 Å². The number of hydrogen-bond donors (Lipinski definition) is 1. The first-order chi connectivity index (χ1) is 9.31. The predicted molar refractivity (Wildman–Crippen MR) is 75.1 cm³/mol. The summed E-state index contributed by atoms with van der Waals surface area (Å²) >= 11 is 0. The molecule has 100 valence electrons. The van der Waals surface area contributed by atoms with Gasteiger partial charge in [0.2, 0.25) is 0 Å².